The lowest BCUT2D eigenvalue weighted by Gasteiger charge is -2.22. The average Bonchev–Trinajstić information content (AvgIpc) is 3.01. The fourth-order valence-electron chi connectivity index (χ4n) is 1.68. The number of furan rings is 1. The first kappa shape index (κ1) is 12.4. The van der Waals surface area contributed by atoms with E-state index in [2.05, 4.69) is 18.4 Å². The van der Waals surface area contributed by atoms with Gasteiger partial charge in [0.25, 0.3) is 0 Å². The summed E-state index contributed by atoms with van der Waals surface area (Å²) < 4.78 is 11.1. The zero-order valence-corrected chi connectivity index (χ0v) is 10.7. The van der Waals surface area contributed by atoms with Gasteiger partial charge in [-0.2, -0.15) is 11.3 Å². The Balaban J connectivity index is 2.01. The highest BCUT2D eigenvalue weighted by molar-refractivity contribution is 7.07. The largest absolute Gasteiger partial charge is 0.467 e. The molecule has 2 heterocycles. The Kier molecular flexibility index (Phi) is 4.36. The monoisotopic (exact) mass is 251 g/mol. The van der Waals surface area contributed by atoms with Crippen molar-refractivity contribution in [3.63, 3.8) is 0 Å². The SMILES string of the molecule is CCC(N)C(OCc1ccco1)c1ccsc1. The fraction of sp³-hybridized carbons (Fsp3) is 0.385. The van der Waals surface area contributed by atoms with Gasteiger partial charge in [-0.05, 0) is 40.9 Å². The van der Waals surface area contributed by atoms with Gasteiger partial charge >= 0.3 is 0 Å². The molecule has 4 heteroatoms. The Hall–Kier alpha value is -1.10. The maximum atomic E-state index is 6.10. The molecule has 0 amide bonds. The second-order valence-corrected chi connectivity index (χ2v) is 4.72. The molecular formula is C13H17NO2S. The van der Waals surface area contributed by atoms with Crippen molar-refractivity contribution in [3.8, 4) is 0 Å². The lowest BCUT2D eigenvalue weighted by Crippen LogP contribution is -2.29. The van der Waals surface area contributed by atoms with E-state index in [4.69, 9.17) is 14.9 Å². The van der Waals surface area contributed by atoms with Crippen molar-refractivity contribution in [2.45, 2.75) is 32.1 Å². The molecule has 2 N–H and O–H groups in total. The van der Waals surface area contributed by atoms with E-state index in [9.17, 15) is 0 Å². The summed E-state index contributed by atoms with van der Waals surface area (Å²) in [6.45, 7) is 2.53. The first-order valence-corrected chi connectivity index (χ1v) is 6.67. The lowest BCUT2D eigenvalue weighted by atomic mass is 10.0. The summed E-state index contributed by atoms with van der Waals surface area (Å²) in [5, 5.41) is 4.13. The highest BCUT2D eigenvalue weighted by Crippen LogP contribution is 2.25. The van der Waals surface area contributed by atoms with Crippen LogP contribution in [0.3, 0.4) is 0 Å². The second-order valence-electron chi connectivity index (χ2n) is 3.94. The molecule has 0 saturated heterocycles. The molecule has 0 spiro atoms. The molecule has 2 atom stereocenters. The van der Waals surface area contributed by atoms with E-state index >= 15 is 0 Å². The maximum absolute atomic E-state index is 6.10. The quantitative estimate of drug-likeness (QED) is 0.856. The summed E-state index contributed by atoms with van der Waals surface area (Å²) in [6, 6.07) is 5.84. The van der Waals surface area contributed by atoms with Gasteiger partial charge in [0.15, 0.2) is 0 Å². The third-order valence-electron chi connectivity index (χ3n) is 2.72. The Bertz CT molecular complexity index is 411. The Morgan fingerprint density at radius 1 is 1.47 bits per heavy atom. The topological polar surface area (TPSA) is 48.4 Å². The van der Waals surface area contributed by atoms with Crippen LogP contribution in [0.4, 0.5) is 0 Å². The Morgan fingerprint density at radius 3 is 2.94 bits per heavy atom. The zero-order chi connectivity index (χ0) is 12.1. The molecule has 2 rings (SSSR count). The number of hydrogen-bond acceptors (Lipinski definition) is 4. The van der Waals surface area contributed by atoms with Gasteiger partial charge in [-0.15, -0.1) is 0 Å². The molecule has 0 saturated carbocycles. The van der Waals surface area contributed by atoms with Crippen LogP contribution in [0.25, 0.3) is 0 Å². The molecule has 2 unspecified atom stereocenters. The summed E-state index contributed by atoms with van der Waals surface area (Å²) in [7, 11) is 0. The minimum absolute atomic E-state index is 0.0135. The van der Waals surface area contributed by atoms with Crippen molar-refractivity contribution in [2.24, 2.45) is 5.73 Å². The predicted octanol–water partition coefficient (Wildman–Crippen LogP) is 3.34. The zero-order valence-electron chi connectivity index (χ0n) is 9.84. The fourth-order valence-corrected chi connectivity index (χ4v) is 2.37. The molecule has 2 aromatic rings. The van der Waals surface area contributed by atoms with Gasteiger partial charge in [0, 0.05) is 6.04 Å². The van der Waals surface area contributed by atoms with E-state index in [0.29, 0.717) is 6.61 Å². The van der Waals surface area contributed by atoms with Crippen LogP contribution in [0.15, 0.2) is 39.6 Å². The van der Waals surface area contributed by atoms with Crippen LogP contribution < -0.4 is 5.73 Å². The molecule has 0 fully saturated rings. The third-order valence-corrected chi connectivity index (χ3v) is 3.42. The van der Waals surface area contributed by atoms with Crippen molar-refractivity contribution >= 4 is 11.3 Å². The standard InChI is InChI=1S/C13H17NO2S/c1-2-12(14)13(10-5-7-17-9-10)16-8-11-4-3-6-15-11/h3-7,9,12-13H,2,8,14H2,1H3. The number of hydrogen-bond donors (Lipinski definition) is 1. The summed E-state index contributed by atoms with van der Waals surface area (Å²) in [5.74, 6) is 0.827. The lowest BCUT2D eigenvalue weighted by molar-refractivity contribution is 0.0129. The van der Waals surface area contributed by atoms with Gasteiger partial charge in [-0.25, -0.2) is 0 Å². The average molecular weight is 251 g/mol. The van der Waals surface area contributed by atoms with E-state index < -0.39 is 0 Å². The number of ether oxygens (including phenoxy) is 1. The van der Waals surface area contributed by atoms with E-state index in [1.54, 1.807) is 17.6 Å². The van der Waals surface area contributed by atoms with Crippen molar-refractivity contribution < 1.29 is 9.15 Å². The minimum atomic E-state index is -0.0589. The summed E-state index contributed by atoms with van der Waals surface area (Å²) in [4.78, 5) is 0. The molecule has 0 aliphatic carbocycles. The smallest absolute Gasteiger partial charge is 0.129 e. The number of nitrogens with two attached hydrogens (primary N) is 1. The third kappa shape index (κ3) is 3.19. The molecule has 0 radical (unpaired) electrons. The minimum Gasteiger partial charge on any atom is -0.467 e. The van der Waals surface area contributed by atoms with Gasteiger partial charge in [0.2, 0.25) is 0 Å². The van der Waals surface area contributed by atoms with Gasteiger partial charge in [-0.3, -0.25) is 0 Å². The highest BCUT2D eigenvalue weighted by Gasteiger charge is 2.20. The predicted molar refractivity (Wildman–Crippen MR) is 68.8 cm³/mol. The van der Waals surface area contributed by atoms with Crippen molar-refractivity contribution in [2.75, 3.05) is 0 Å². The highest BCUT2D eigenvalue weighted by atomic mass is 32.1. The summed E-state index contributed by atoms with van der Waals surface area (Å²) in [6.07, 6.45) is 2.48. The van der Waals surface area contributed by atoms with Crippen LogP contribution >= 0.6 is 11.3 Å². The number of rotatable bonds is 6. The van der Waals surface area contributed by atoms with Crippen molar-refractivity contribution in [3.05, 3.63) is 46.5 Å². The maximum Gasteiger partial charge on any atom is 0.129 e. The Labute approximate surface area is 105 Å². The number of thiophene rings is 1. The van der Waals surface area contributed by atoms with Gasteiger partial charge < -0.3 is 14.9 Å². The Morgan fingerprint density at radius 2 is 2.35 bits per heavy atom. The normalized spacial score (nSPS) is 14.7. The van der Waals surface area contributed by atoms with E-state index in [-0.39, 0.29) is 12.1 Å². The van der Waals surface area contributed by atoms with Gasteiger partial charge in [0.05, 0.1) is 12.4 Å². The first-order valence-electron chi connectivity index (χ1n) is 5.73. The molecule has 2 aromatic heterocycles. The van der Waals surface area contributed by atoms with Crippen LogP contribution in [-0.4, -0.2) is 6.04 Å². The van der Waals surface area contributed by atoms with Crippen molar-refractivity contribution in [1.29, 1.82) is 0 Å². The van der Waals surface area contributed by atoms with Crippen LogP contribution in [0.2, 0.25) is 0 Å². The van der Waals surface area contributed by atoms with Gasteiger partial charge in [-0.1, -0.05) is 6.92 Å². The van der Waals surface area contributed by atoms with E-state index in [0.717, 1.165) is 17.7 Å². The molecule has 17 heavy (non-hydrogen) atoms. The first-order chi connectivity index (χ1) is 8.31. The van der Waals surface area contributed by atoms with Crippen molar-refractivity contribution in [1.82, 2.24) is 0 Å². The van der Waals surface area contributed by atoms with Crippen LogP contribution in [0.1, 0.15) is 30.8 Å². The summed E-state index contributed by atoms with van der Waals surface area (Å²) >= 11 is 1.66. The van der Waals surface area contributed by atoms with E-state index in [1.807, 2.05) is 17.5 Å². The molecule has 0 aliphatic heterocycles. The molecule has 0 aliphatic rings. The van der Waals surface area contributed by atoms with Gasteiger partial charge in [0.1, 0.15) is 12.4 Å². The van der Waals surface area contributed by atoms with Crippen LogP contribution in [-0.2, 0) is 11.3 Å². The molecular weight excluding hydrogens is 234 g/mol. The van der Waals surface area contributed by atoms with Crippen LogP contribution in [0, 0.1) is 0 Å². The summed E-state index contributed by atoms with van der Waals surface area (Å²) in [5.41, 5.74) is 7.25. The molecule has 0 aromatic carbocycles. The van der Waals surface area contributed by atoms with E-state index in [1.165, 1.54) is 0 Å². The van der Waals surface area contributed by atoms with Crippen LogP contribution in [0.5, 0.6) is 0 Å². The molecule has 92 valence electrons. The second kappa shape index (κ2) is 6.00. The molecule has 0 bridgehead atoms. The molecule has 3 nitrogen and oxygen atoms in total.